The van der Waals surface area contributed by atoms with Crippen LogP contribution in [0.2, 0.25) is 0 Å². The molecule has 5 rings (SSSR count). The summed E-state index contributed by atoms with van der Waals surface area (Å²) >= 11 is 0. The highest BCUT2D eigenvalue weighted by atomic mass is 19.1. The number of fused-ring (bicyclic) bond motifs is 1. The third-order valence-electron chi connectivity index (χ3n) is 4.63. The molecule has 0 saturated heterocycles. The number of hydrogen-bond donors (Lipinski definition) is 2. The minimum absolute atomic E-state index is 0.114. The molecule has 0 amide bonds. The molecular weight excluding hydrogens is 385 g/mol. The second-order valence-electron chi connectivity index (χ2n) is 6.59. The fourth-order valence-electron chi connectivity index (χ4n) is 3.23. The average molecular weight is 401 g/mol. The van der Waals surface area contributed by atoms with Gasteiger partial charge in [0.25, 0.3) is 0 Å². The number of nitrogens with one attached hydrogen (secondary N) is 1. The van der Waals surface area contributed by atoms with Crippen LogP contribution in [0.15, 0.2) is 60.9 Å². The lowest BCUT2D eigenvalue weighted by Gasteiger charge is -2.01. The molecule has 0 fully saturated rings. The number of H-pyrrole nitrogens is 1. The normalized spacial score (nSPS) is 11.3. The number of hydrogen-bond acceptors (Lipinski definition) is 6. The number of aliphatic hydroxyl groups is 1. The zero-order chi connectivity index (χ0) is 20.5. The van der Waals surface area contributed by atoms with E-state index in [0.717, 1.165) is 5.56 Å². The summed E-state index contributed by atoms with van der Waals surface area (Å²) in [7, 11) is 0. The SMILES string of the molecule is OCCn1nc(-c2ccc(F)cc2)c(-c2ncnc3[nH]c(-c4ccccc4)nc23)n1. The first-order valence-corrected chi connectivity index (χ1v) is 9.31. The minimum atomic E-state index is -0.340. The van der Waals surface area contributed by atoms with Crippen molar-refractivity contribution in [2.75, 3.05) is 6.61 Å². The van der Waals surface area contributed by atoms with Gasteiger partial charge < -0.3 is 10.1 Å². The second kappa shape index (κ2) is 7.45. The van der Waals surface area contributed by atoms with Crippen LogP contribution < -0.4 is 0 Å². The molecule has 148 valence electrons. The lowest BCUT2D eigenvalue weighted by atomic mass is 10.1. The highest BCUT2D eigenvalue weighted by Crippen LogP contribution is 2.32. The maximum Gasteiger partial charge on any atom is 0.161 e. The van der Waals surface area contributed by atoms with Crippen molar-refractivity contribution in [3.8, 4) is 34.0 Å². The average Bonchev–Trinajstić information content (AvgIpc) is 3.39. The lowest BCUT2D eigenvalue weighted by Crippen LogP contribution is -2.05. The molecule has 0 spiro atoms. The number of nitrogens with zero attached hydrogens (tertiary/aromatic N) is 6. The van der Waals surface area contributed by atoms with Gasteiger partial charge in [-0.25, -0.2) is 19.3 Å². The molecule has 3 aromatic heterocycles. The summed E-state index contributed by atoms with van der Waals surface area (Å²) in [6.07, 6.45) is 1.43. The first-order valence-electron chi connectivity index (χ1n) is 9.31. The molecular formula is C21H16FN7O. The molecule has 0 aliphatic heterocycles. The molecule has 30 heavy (non-hydrogen) atoms. The van der Waals surface area contributed by atoms with Crippen LogP contribution in [0.5, 0.6) is 0 Å². The minimum Gasteiger partial charge on any atom is -0.394 e. The molecule has 2 aromatic carbocycles. The molecule has 9 heteroatoms. The molecule has 3 heterocycles. The Morgan fingerprint density at radius 3 is 2.40 bits per heavy atom. The maximum absolute atomic E-state index is 13.4. The van der Waals surface area contributed by atoms with Gasteiger partial charge in [0.05, 0.1) is 13.2 Å². The Hall–Kier alpha value is -3.98. The number of halogens is 1. The van der Waals surface area contributed by atoms with E-state index in [9.17, 15) is 9.50 Å². The van der Waals surface area contributed by atoms with Crippen molar-refractivity contribution in [3.05, 3.63) is 66.7 Å². The summed E-state index contributed by atoms with van der Waals surface area (Å²) in [5.41, 5.74) is 4.23. The van der Waals surface area contributed by atoms with Crippen LogP contribution in [0.3, 0.4) is 0 Å². The van der Waals surface area contributed by atoms with Gasteiger partial charge in [-0.3, -0.25) is 0 Å². The summed E-state index contributed by atoms with van der Waals surface area (Å²) in [5.74, 6) is 0.325. The predicted octanol–water partition coefficient (Wildman–Crippen LogP) is 3.08. The smallest absolute Gasteiger partial charge is 0.161 e. The molecule has 0 atom stereocenters. The summed E-state index contributed by atoms with van der Waals surface area (Å²) in [6, 6.07) is 15.7. The fraction of sp³-hybridized carbons (Fsp3) is 0.0952. The van der Waals surface area contributed by atoms with Crippen molar-refractivity contribution in [1.82, 2.24) is 34.9 Å². The highest BCUT2D eigenvalue weighted by Gasteiger charge is 2.21. The number of benzene rings is 2. The molecule has 0 radical (unpaired) electrons. The first kappa shape index (κ1) is 18.1. The van der Waals surface area contributed by atoms with E-state index in [1.807, 2.05) is 30.3 Å². The second-order valence-corrected chi connectivity index (χ2v) is 6.59. The summed E-state index contributed by atoms with van der Waals surface area (Å²) < 4.78 is 13.4. The van der Waals surface area contributed by atoms with Crippen molar-refractivity contribution in [3.63, 3.8) is 0 Å². The van der Waals surface area contributed by atoms with E-state index in [0.29, 0.717) is 39.6 Å². The van der Waals surface area contributed by atoms with Crippen LogP contribution in [0, 0.1) is 5.82 Å². The van der Waals surface area contributed by atoms with Crippen molar-refractivity contribution in [1.29, 1.82) is 0 Å². The number of imidazole rings is 1. The number of aliphatic hydroxyl groups excluding tert-OH is 1. The van der Waals surface area contributed by atoms with Gasteiger partial charge in [-0.05, 0) is 24.3 Å². The van der Waals surface area contributed by atoms with Gasteiger partial charge >= 0.3 is 0 Å². The van der Waals surface area contributed by atoms with E-state index >= 15 is 0 Å². The zero-order valence-electron chi connectivity index (χ0n) is 15.7. The fourth-order valence-corrected chi connectivity index (χ4v) is 3.23. The Kier molecular flexibility index (Phi) is 4.49. The summed E-state index contributed by atoms with van der Waals surface area (Å²) in [4.78, 5) is 18.0. The van der Waals surface area contributed by atoms with Gasteiger partial charge in [-0.1, -0.05) is 30.3 Å². The molecule has 0 aliphatic rings. The van der Waals surface area contributed by atoms with Gasteiger partial charge in [0.2, 0.25) is 0 Å². The predicted molar refractivity (Wildman–Crippen MR) is 109 cm³/mol. The Morgan fingerprint density at radius 2 is 1.63 bits per heavy atom. The lowest BCUT2D eigenvalue weighted by molar-refractivity contribution is 0.261. The largest absolute Gasteiger partial charge is 0.394 e. The van der Waals surface area contributed by atoms with Crippen LogP contribution in [0.1, 0.15) is 0 Å². The van der Waals surface area contributed by atoms with Crippen LogP contribution in [-0.2, 0) is 6.54 Å². The van der Waals surface area contributed by atoms with Crippen LogP contribution in [-0.4, -0.2) is 46.6 Å². The van der Waals surface area contributed by atoms with Crippen molar-refractivity contribution in [2.45, 2.75) is 6.54 Å². The van der Waals surface area contributed by atoms with E-state index in [2.05, 4.69) is 25.1 Å². The number of aromatic amines is 1. The number of aromatic nitrogens is 7. The summed E-state index contributed by atoms with van der Waals surface area (Å²) in [6.45, 7) is 0.106. The van der Waals surface area contributed by atoms with Gasteiger partial charge in [0.15, 0.2) is 5.65 Å². The zero-order valence-corrected chi connectivity index (χ0v) is 15.7. The molecule has 0 bridgehead atoms. The summed E-state index contributed by atoms with van der Waals surface area (Å²) in [5, 5.41) is 18.3. The van der Waals surface area contributed by atoms with E-state index in [-0.39, 0.29) is 19.0 Å². The Labute approximate surface area is 170 Å². The Morgan fingerprint density at radius 1 is 0.867 bits per heavy atom. The van der Waals surface area contributed by atoms with Crippen molar-refractivity contribution in [2.24, 2.45) is 0 Å². The standard InChI is InChI=1S/C21H16FN7O/c22-15-8-6-13(7-9-15)16-18(28-29(27-16)10-11-30)17-19-21(24-12-23-17)26-20(25-19)14-4-2-1-3-5-14/h1-9,12,30H,10-11H2,(H,23,24,25,26). The highest BCUT2D eigenvalue weighted by molar-refractivity contribution is 5.91. The quantitative estimate of drug-likeness (QED) is 0.469. The van der Waals surface area contributed by atoms with Crippen LogP contribution in [0.25, 0.3) is 45.2 Å². The van der Waals surface area contributed by atoms with Crippen LogP contribution >= 0.6 is 0 Å². The first-order chi connectivity index (χ1) is 14.7. The van der Waals surface area contributed by atoms with Gasteiger partial charge in [0.1, 0.15) is 40.6 Å². The van der Waals surface area contributed by atoms with E-state index in [1.165, 1.54) is 23.3 Å². The molecule has 0 aliphatic carbocycles. The molecule has 5 aromatic rings. The molecule has 2 N–H and O–H groups in total. The molecule has 0 saturated carbocycles. The third kappa shape index (κ3) is 3.20. The van der Waals surface area contributed by atoms with Crippen molar-refractivity contribution >= 4 is 11.2 Å². The van der Waals surface area contributed by atoms with E-state index in [1.54, 1.807) is 12.1 Å². The van der Waals surface area contributed by atoms with Gasteiger partial charge in [0, 0.05) is 11.1 Å². The monoisotopic (exact) mass is 401 g/mol. The van der Waals surface area contributed by atoms with Crippen molar-refractivity contribution < 1.29 is 9.50 Å². The third-order valence-corrected chi connectivity index (χ3v) is 4.63. The Balaban J connectivity index is 1.70. The topological polar surface area (TPSA) is 105 Å². The Bertz CT molecular complexity index is 1310. The molecule has 8 nitrogen and oxygen atoms in total. The van der Waals surface area contributed by atoms with E-state index < -0.39 is 0 Å². The van der Waals surface area contributed by atoms with Gasteiger partial charge in [-0.2, -0.15) is 15.0 Å². The molecule has 0 unspecified atom stereocenters. The number of rotatable bonds is 5. The van der Waals surface area contributed by atoms with Crippen LogP contribution in [0.4, 0.5) is 4.39 Å². The van der Waals surface area contributed by atoms with Gasteiger partial charge in [-0.15, -0.1) is 0 Å². The maximum atomic E-state index is 13.4. The van der Waals surface area contributed by atoms with E-state index in [4.69, 9.17) is 4.98 Å².